The van der Waals surface area contributed by atoms with Crippen molar-refractivity contribution in [2.75, 3.05) is 25.1 Å². The Morgan fingerprint density at radius 2 is 2.00 bits per heavy atom. The normalized spacial score (nSPS) is 12.0. The maximum absolute atomic E-state index is 12.6. The minimum Gasteiger partial charge on any atom is -0.377 e. The summed E-state index contributed by atoms with van der Waals surface area (Å²) in [7, 11) is 1.61. The standard InChI is InChI=1S/C11H15ClF3N3O/c1-7(2)19-5-4-18(3)9-6-8(11(13,14)15)16-10(12)17-9/h6-7H,4-5H2,1-3H3. The van der Waals surface area contributed by atoms with E-state index in [4.69, 9.17) is 16.3 Å². The van der Waals surface area contributed by atoms with Gasteiger partial charge < -0.3 is 9.64 Å². The molecule has 19 heavy (non-hydrogen) atoms. The third-order valence-electron chi connectivity index (χ3n) is 2.24. The molecule has 1 aromatic rings. The zero-order valence-electron chi connectivity index (χ0n) is 10.8. The number of aromatic nitrogens is 2. The molecule has 0 radical (unpaired) electrons. The molecule has 0 aliphatic rings. The summed E-state index contributed by atoms with van der Waals surface area (Å²) in [5.41, 5.74) is -1.06. The molecule has 4 nitrogen and oxygen atoms in total. The van der Waals surface area contributed by atoms with Crippen LogP contribution in [0, 0.1) is 0 Å². The van der Waals surface area contributed by atoms with Crippen molar-refractivity contribution in [2.45, 2.75) is 26.1 Å². The van der Waals surface area contributed by atoms with Crippen LogP contribution in [-0.4, -0.2) is 36.3 Å². The van der Waals surface area contributed by atoms with E-state index in [1.165, 1.54) is 4.90 Å². The van der Waals surface area contributed by atoms with Crippen LogP contribution in [0.25, 0.3) is 0 Å². The van der Waals surface area contributed by atoms with Gasteiger partial charge in [-0.05, 0) is 25.4 Å². The van der Waals surface area contributed by atoms with Crippen LogP contribution in [-0.2, 0) is 10.9 Å². The molecule has 0 saturated carbocycles. The van der Waals surface area contributed by atoms with Gasteiger partial charge in [-0.3, -0.25) is 0 Å². The molecule has 108 valence electrons. The quantitative estimate of drug-likeness (QED) is 0.783. The van der Waals surface area contributed by atoms with E-state index in [0.29, 0.717) is 13.2 Å². The van der Waals surface area contributed by atoms with E-state index < -0.39 is 17.2 Å². The van der Waals surface area contributed by atoms with Crippen molar-refractivity contribution in [2.24, 2.45) is 0 Å². The largest absolute Gasteiger partial charge is 0.433 e. The number of rotatable bonds is 5. The van der Waals surface area contributed by atoms with Gasteiger partial charge >= 0.3 is 6.18 Å². The number of likely N-dealkylation sites (N-methyl/N-ethyl adjacent to an activating group) is 1. The third-order valence-corrected chi connectivity index (χ3v) is 2.41. The Balaban J connectivity index is 2.79. The van der Waals surface area contributed by atoms with Crippen LogP contribution in [0.1, 0.15) is 19.5 Å². The number of anilines is 1. The Hall–Kier alpha value is -1.08. The predicted octanol–water partition coefficient (Wildman–Crippen LogP) is 3.01. The summed E-state index contributed by atoms with van der Waals surface area (Å²) in [6, 6.07) is 0.862. The van der Waals surface area contributed by atoms with E-state index >= 15 is 0 Å². The Kier molecular flexibility index (Phi) is 5.37. The summed E-state index contributed by atoms with van der Waals surface area (Å²) in [6.45, 7) is 4.55. The maximum atomic E-state index is 12.6. The Morgan fingerprint density at radius 1 is 1.37 bits per heavy atom. The van der Waals surface area contributed by atoms with Gasteiger partial charge in [0.15, 0.2) is 5.69 Å². The van der Waals surface area contributed by atoms with Gasteiger partial charge in [0.25, 0.3) is 0 Å². The zero-order chi connectivity index (χ0) is 14.6. The second-order valence-corrected chi connectivity index (χ2v) is 4.56. The first-order chi connectivity index (χ1) is 8.70. The molecule has 1 heterocycles. The molecule has 0 aromatic carbocycles. The lowest BCUT2D eigenvalue weighted by atomic mass is 10.3. The van der Waals surface area contributed by atoms with Crippen LogP contribution in [0.3, 0.4) is 0 Å². The minimum atomic E-state index is -4.55. The summed E-state index contributed by atoms with van der Waals surface area (Å²) in [4.78, 5) is 8.47. The molecule has 0 amide bonds. The Labute approximate surface area is 114 Å². The van der Waals surface area contributed by atoms with Crippen LogP contribution < -0.4 is 4.90 Å². The lowest BCUT2D eigenvalue weighted by Gasteiger charge is -2.20. The first-order valence-electron chi connectivity index (χ1n) is 5.64. The van der Waals surface area contributed by atoms with E-state index in [9.17, 15) is 13.2 Å². The van der Waals surface area contributed by atoms with E-state index in [1.54, 1.807) is 7.05 Å². The average molecular weight is 298 g/mol. The summed E-state index contributed by atoms with van der Waals surface area (Å²) >= 11 is 5.50. The number of ether oxygens (including phenoxy) is 1. The van der Waals surface area contributed by atoms with Crippen molar-refractivity contribution in [1.82, 2.24) is 9.97 Å². The highest BCUT2D eigenvalue weighted by molar-refractivity contribution is 6.28. The topological polar surface area (TPSA) is 38.2 Å². The molecule has 0 aliphatic carbocycles. The van der Waals surface area contributed by atoms with Gasteiger partial charge in [0.1, 0.15) is 5.82 Å². The second-order valence-electron chi connectivity index (χ2n) is 4.22. The van der Waals surface area contributed by atoms with Crippen molar-refractivity contribution in [3.05, 3.63) is 17.0 Å². The molecule has 0 aliphatic heterocycles. The van der Waals surface area contributed by atoms with Crippen LogP contribution in [0.15, 0.2) is 6.07 Å². The number of hydrogen-bond acceptors (Lipinski definition) is 4. The van der Waals surface area contributed by atoms with Gasteiger partial charge in [0.05, 0.1) is 12.7 Å². The first kappa shape index (κ1) is 16.0. The van der Waals surface area contributed by atoms with Gasteiger partial charge in [-0.15, -0.1) is 0 Å². The molecular weight excluding hydrogens is 283 g/mol. The summed E-state index contributed by atoms with van der Waals surface area (Å²) in [5.74, 6) is 0.111. The fourth-order valence-corrected chi connectivity index (χ4v) is 1.46. The number of alkyl halides is 3. The predicted molar refractivity (Wildman–Crippen MR) is 66.4 cm³/mol. The average Bonchev–Trinajstić information content (AvgIpc) is 2.26. The van der Waals surface area contributed by atoms with Crippen molar-refractivity contribution >= 4 is 17.4 Å². The van der Waals surface area contributed by atoms with Crippen LogP contribution in [0.4, 0.5) is 19.0 Å². The summed E-state index contributed by atoms with van der Waals surface area (Å²) < 4.78 is 43.1. The minimum absolute atomic E-state index is 0.0631. The molecule has 0 saturated heterocycles. The molecule has 1 rings (SSSR count). The molecule has 1 aromatic heterocycles. The van der Waals surface area contributed by atoms with E-state index in [0.717, 1.165) is 6.07 Å². The summed E-state index contributed by atoms with van der Waals surface area (Å²) in [6.07, 6.45) is -4.48. The Bertz CT molecular complexity index is 426. The summed E-state index contributed by atoms with van der Waals surface area (Å²) in [5, 5.41) is -0.429. The van der Waals surface area contributed by atoms with E-state index in [2.05, 4.69) is 9.97 Å². The SMILES string of the molecule is CC(C)OCCN(C)c1cc(C(F)(F)F)nc(Cl)n1. The van der Waals surface area contributed by atoms with Gasteiger partial charge in [-0.1, -0.05) is 0 Å². The van der Waals surface area contributed by atoms with Gasteiger partial charge in [0.2, 0.25) is 5.28 Å². The van der Waals surface area contributed by atoms with Crippen molar-refractivity contribution < 1.29 is 17.9 Å². The van der Waals surface area contributed by atoms with Gasteiger partial charge in [0, 0.05) is 19.7 Å². The fraction of sp³-hybridized carbons (Fsp3) is 0.636. The van der Waals surface area contributed by atoms with E-state index in [1.807, 2.05) is 13.8 Å². The molecule has 0 bridgehead atoms. The van der Waals surface area contributed by atoms with Crippen molar-refractivity contribution in [1.29, 1.82) is 0 Å². The van der Waals surface area contributed by atoms with Crippen molar-refractivity contribution in [3.8, 4) is 0 Å². The molecule has 0 atom stereocenters. The second kappa shape index (κ2) is 6.38. The Morgan fingerprint density at radius 3 is 2.53 bits per heavy atom. The highest BCUT2D eigenvalue weighted by atomic mass is 35.5. The number of halogens is 4. The molecular formula is C11H15ClF3N3O. The third kappa shape index (κ3) is 5.20. The van der Waals surface area contributed by atoms with E-state index in [-0.39, 0.29) is 11.9 Å². The molecule has 0 unspecified atom stereocenters. The smallest absolute Gasteiger partial charge is 0.377 e. The molecule has 0 N–H and O–H groups in total. The number of nitrogens with zero attached hydrogens (tertiary/aromatic N) is 3. The highest BCUT2D eigenvalue weighted by Gasteiger charge is 2.33. The molecule has 0 fully saturated rings. The fourth-order valence-electron chi connectivity index (χ4n) is 1.29. The zero-order valence-corrected chi connectivity index (χ0v) is 11.6. The van der Waals surface area contributed by atoms with Crippen LogP contribution >= 0.6 is 11.6 Å². The number of hydrogen-bond donors (Lipinski definition) is 0. The monoisotopic (exact) mass is 297 g/mol. The highest BCUT2D eigenvalue weighted by Crippen LogP contribution is 2.30. The van der Waals surface area contributed by atoms with Gasteiger partial charge in [-0.2, -0.15) is 13.2 Å². The van der Waals surface area contributed by atoms with Crippen LogP contribution in [0.5, 0.6) is 0 Å². The lowest BCUT2D eigenvalue weighted by Crippen LogP contribution is -2.25. The van der Waals surface area contributed by atoms with Crippen LogP contribution in [0.2, 0.25) is 5.28 Å². The lowest BCUT2D eigenvalue weighted by molar-refractivity contribution is -0.141. The maximum Gasteiger partial charge on any atom is 0.433 e. The molecule has 8 heteroatoms. The van der Waals surface area contributed by atoms with Gasteiger partial charge in [-0.25, -0.2) is 9.97 Å². The first-order valence-corrected chi connectivity index (χ1v) is 6.02. The van der Waals surface area contributed by atoms with Crippen molar-refractivity contribution in [3.63, 3.8) is 0 Å². The molecule has 0 spiro atoms.